The summed E-state index contributed by atoms with van der Waals surface area (Å²) in [7, 11) is 0. The van der Waals surface area contributed by atoms with Crippen LogP contribution in [0.25, 0.3) is 0 Å². The zero-order chi connectivity index (χ0) is 13.1. The molecule has 2 aromatic rings. The van der Waals surface area contributed by atoms with Crippen molar-refractivity contribution < 1.29 is 0 Å². The molecule has 0 atom stereocenters. The number of pyridine rings is 1. The second-order valence-electron chi connectivity index (χ2n) is 3.90. The Bertz CT molecular complexity index is 599. The molecule has 0 aliphatic carbocycles. The summed E-state index contributed by atoms with van der Waals surface area (Å²) in [6.07, 6.45) is 1.68. The highest BCUT2D eigenvalue weighted by Crippen LogP contribution is 2.26. The number of anilines is 2. The van der Waals surface area contributed by atoms with E-state index in [0.717, 1.165) is 15.8 Å². The zero-order valence-corrected chi connectivity index (χ0v) is 12.2. The first-order chi connectivity index (χ1) is 8.56. The molecule has 1 heterocycles. The van der Waals surface area contributed by atoms with E-state index in [-0.39, 0.29) is 0 Å². The largest absolute Gasteiger partial charge is 0.388 e. The summed E-state index contributed by atoms with van der Waals surface area (Å²) < 4.78 is 1.01. The third-order valence-corrected chi connectivity index (χ3v) is 3.28. The van der Waals surface area contributed by atoms with Crippen LogP contribution in [-0.2, 0) is 0 Å². The molecule has 18 heavy (non-hydrogen) atoms. The van der Waals surface area contributed by atoms with Crippen LogP contribution >= 0.6 is 28.1 Å². The summed E-state index contributed by atoms with van der Waals surface area (Å²) in [5, 5.41) is 3.29. The van der Waals surface area contributed by atoms with Crippen molar-refractivity contribution in [1.82, 2.24) is 4.98 Å². The van der Waals surface area contributed by atoms with Crippen LogP contribution in [0.4, 0.5) is 11.4 Å². The molecule has 0 fully saturated rings. The van der Waals surface area contributed by atoms with Crippen molar-refractivity contribution >= 4 is 44.5 Å². The lowest BCUT2D eigenvalue weighted by atomic mass is 10.2. The molecule has 1 aromatic carbocycles. The molecule has 0 saturated heterocycles. The standard InChI is InChI=1S/C13H12BrN3S/c1-8-2-3-11(10(14)6-8)17-9-4-5-16-12(7-9)13(15)18/h2-7H,1H3,(H2,15,18)(H,16,17). The van der Waals surface area contributed by atoms with Gasteiger partial charge >= 0.3 is 0 Å². The molecule has 0 radical (unpaired) electrons. The van der Waals surface area contributed by atoms with Gasteiger partial charge in [-0.05, 0) is 52.7 Å². The fourth-order valence-electron chi connectivity index (χ4n) is 1.52. The summed E-state index contributed by atoms with van der Waals surface area (Å²) in [4.78, 5) is 4.39. The summed E-state index contributed by atoms with van der Waals surface area (Å²) >= 11 is 8.43. The molecule has 0 aliphatic heterocycles. The molecule has 3 N–H and O–H groups in total. The number of nitrogens with zero attached hydrogens (tertiary/aromatic N) is 1. The number of rotatable bonds is 3. The van der Waals surface area contributed by atoms with Gasteiger partial charge in [-0.2, -0.15) is 0 Å². The maximum Gasteiger partial charge on any atom is 0.122 e. The van der Waals surface area contributed by atoms with E-state index in [1.807, 2.05) is 31.2 Å². The van der Waals surface area contributed by atoms with Crippen LogP contribution in [0.15, 0.2) is 41.0 Å². The van der Waals surface area contributed by atoms with Crippen LogP contribution in [0, 0.1) is 6.92 Å². The van der Waals surface area contributed by atoms with Crippen LogP contribution in [0.2, 0.25) is 0 Å². The third-order valence-electron chi connectivity index (χ3n) is 2.42. The highest BCUT2D eigenvalue weighted by Gasteiger charge is 2.03. The van der Waals surface area contributed by atoms with Crippen LogP contribution < -0.4 is 11.1 Å². The second kappa shape index (κ2) is 5.46. The highest BCUT2D eigenvalue weighted by molar-refractivity contribution is 9.10. The quantitative estimate of drug-likeness (QED) is 0.849. The van der Waals surface area contributed by atoms with Gasteiger partial charge in [0, 0.05) is 16.4 Å². The fraction of sp³-hybridized carbons (Fsp3) is 0.0769. The number of aryl methyl sites for hydroxylation is 1. The first-order valence-electron chi connectivity index (χ1n) is 5.35. The molecule has 2 rings (SSSR count). The number of aromatic nitrogens is 1. The van der Waals surface area contributed by atoms with E-state index in [1.165, 1.54) is 5.56 Å². The van der Waals surface area contributed by atoms with Gasteiger partial charge in [-0.3, -0.25) is 4.98 Å². The molecule has 0 spiro atoms. The smallest absolute Gasteiger partial charge is 0.122 e. The number of nitrogens with one attached hydrogen (secondary N) is 1. The zero-order valence-electron chi connectivity index (χ0n) is 9.77. The summed E-state index contributed by atoms with van der Waals surface area (Å²) in [6.45, 7) is 2.05. The summed E-state index contributed by atoms with van der Waals surface area (Å²) in [6, 6.07) is 9.81. The number of hydrogen-bond acceptors (Lipinski definition) is 3. The van der Waals surface area contributed by atoms with Gasteiger partial charge in [0.15, 0.2) is 0 Å². The van der Waals surface area contributed by atoms with Crippen molar-refractivity contribution in [2.45, 2.75) is 6.92 Å². The van der Waals surface area contributed by atoms with E-state index in [1.54, 1.807) is 6.20 Å². The van der Waals surface area contributed by atoms with E-state index in [4.69, 9.17) is 18.0 Å². The normalized spacial score (nSPS) is 10.1. The molecule has 1 aromatic heterocycles. The Hall–Kier alpha value is -1.46. The van der Waals surface area contributed by atoms with Gasteiger partial charge < -0.3 is 11.1 Å². The van der Waals surface area contributed by atoms with Crippen LogP contribution in [0.3, 0.4) is 0 Å². The average Bonchev–Trinajstić information content (AvgIpc) is 2.33. The monoisotopic (exact) mass is 321 g/mol. The maximum absolute atomic E-state index is 5.56. The maximum atomic E-state index is 5.56. The number of halogens is 1. The Kier molecular flexibility index (Phi) is 3.93. The summed E-state index contributed by atoms with van der Waals surface area (Å²) in [5.41, 5.74) is 9.25. The minimum atomic E-state index is 0.293. The first-order valence-corrected chi connectivity index (χ1v) is 6.55. The molecule has 3 nitrogen and oxygen atoms in total. The SMILES string of the molecule is Cc1ccc(Nc2ccnc(C(N)=S)c2)c(Br)c1. The van der Waals surface area contributed by atoms with Crippen LogP contribution in [0.5, 0.6) is 0 Å². The highest BCUT2D eigenvalue weighted by atomic mass is 79.9. The molecule has 0 amide bonds. The van der Waals surface area contributed by atoms with Crippen molar-refractivity contribution in [2.75, 3.05) is 5.32 Å². The lowest BCUT2D eigenvalue weighted by Crippen LogP contribution is -2.11. The van der Waals surface area contributed by atoms with Gasteiger partial charge in [-0.1, -0.05) is 18.3 Å². The number of benzene rings is 1. The average molecular weight is 322 g/mol. The van der Waals surface area contributed by atoms with Crippen molar-refractivity contribution in [1.29, 1.82) is 0 Å². The Morgan fingerprint density at radius 2 is 2.11 bits per heavy atom. The van der Waals surface area contributed by atoms with Crippen molar-refractivity contribution in [3.05, 3.63) is 52.3 Å². The molecule has 5 heteroatoms. The second-order valence-corrected chi connectivity index (χ2v) is 5.20. The van der Waals surface area contributed by atoms with Crippen LogP contribution in [0.1, 0.15) is 11.3 Å². The Morgan fingerprint density at radius 1 is 1.33 bits per heavy atom. The third kappa shape index (κ3) is 3.05. The first kappa shape index (κ1) is 13.0. The lowest BCUT2D eigenvalue weighted by Gasteiger charge is -2.10. The number of hydrogen-bond donors (Lipinski definition) is 2. The lowest BCUT2D eigenvalue weighted by molar-refractivity contribution is 1.29. The van der Waals surface area contributed by atoms with Crippen LogP contribution in [-0.4, -0.2) is 9.97 Å². The van der Waals surface area contributed by atoms with Gasteiger partial charge in [0.25, 0.3) is 0 Å². The van der Waals surface area contributed by atoms with Crippen molar-refractivity contribution in [3.8, 4) is 0 Å². The molecule has 92 valence electrons. The minimum absolute atomic E-state index is 0.293. The molecule has 0 unspecified atom stereocenters. The minimum Gasteiger partial charge on any atom is -0.388 e. The van der Waals surface area contributed by atoms with Gasteiger partial charge in [0.2, 0.25) is 0 Å². The predicted molar refractivity (Wildman–Crippen MR) is 82.3 cm³/mol. The fourth-order valence-corrected chi connectivity index (χ4v) is 2.22. The van der Waals surface area contributed by atoms with Gasteiger partial charge in [-0.15, -0.1) is 0 Å². The van der Waals surface area contributed by atoms with E-state index < -0.39 is 0 Å². The van der Waals surface area contributed by atoms with E-state index in [0.29, 0.717) is 10.7 Å². The molecular formula is C13H12BrN3S. The topological polar surface area (TPSA) is 50.9 Å². The van der Waals surface area contributed by atoms with Gasteiger partial charge in [-0.25, -0.2) is 0 Å². The molecule has 0 aliphatic rings. The van der Waals surface area contributed by atoms with Gasteiger partial charge in [0.05, 0.1) is 11.4 Å². The van der Waals surface area contributed by atoms with E-state index >= 15 is 0 Å². The number of nitrogens with two attached hydrogens (primary N) is 1. The Morgan fingerprint density at radius 3 is 2.78 bits per heavy atom. The molecular weight excluding hydrogens is 310 g/mol. The van der Waals surface area contributed by atoms with Crippen molar-refractivity contribution in [2.24, 2.45) is 5.73 Å². The predicted octanol–water partition coefficient (Wildman–Crippen LogP) is 3.53. The molecule has 0 saturated carbocycles. The number of thiocarbonyl (C=S) groups is 1. The molecule has 0 bridgehead atoms. The van der Waals surface area contributed by atoms with E-state index in [9.17, 15) is 0 Å². The van der Waals surface area contributed by atoms with Crippen molar-refractivity contribution in [3.63, 3.8) is 0 Å². The summed E-state index contributed by atoms with van der Waals surface area (Å²) in [5.74, 6) is 0. The Balaban J connectivity index is 2.28. The van der Waals surface area contributed by atoms with E-state index in [2.05, 4.69) is 32.3 Å². The Labute approximate surface area is 120 Å². The van der Waals surface area contributed by atoms with Gasteiger partial charge in [0.1, 0.15) is 4.99 Å².